The van der Waals surface area contributed by atoms with E-state index in [9.17, 15) is 14.0 Å². The molecule has 19 heavy (non-hydrogen) atoms. The lowest BCUT2D eigenvalue weighted by molar-refractivity contribution is -0.131. The van der Waals surface area contributed by atoms with Crippen LogP contribution in [0.5, 0.6) is 0 Å². The molecule has 0 aliphatic heterocycles. The molecule has 1 amide bonds. The molecule has 0 fully saturated rings. The summed E-state index contributed by atoms with van der Waals surface area (Å²) >= 11 is 0. The van der Waals surface area contributed by atoms with Gasteiger partial charge in [0.15, 0.2) is 5.78 Å². The number of benzene rings is 1. The van der Waals surface area contributed by atoms with Crippen molar-refractivity contribution >= 4 is 11.7 Å². The molecule has 4 nitrogen and oxygen atoms in total. The van der Waals surface area contributed by atoms with Gasteiger partial charge in [0.25, 0.3) is 0 Å². The number of likely N-dealkylation sites (N-methyl/N-ethyl adjacent to an activating group) is 1. The van der Waals surface area contributed by atoms with Gasteiger partial charge in [-0.3, -0.25) is 9.59 Å². The van der Waals surface area contributed by atoms with Crippen LogP contribution in [-0.2, 0) is 4.79 Å². The van der Waals surface area contributed by atoms with Crippen molar-refractivity contribution in [1.82, 2.24) is 4.90 Å². The predicted molar refractivity (Wildman–Crippen MR) is 71.3 cm³/mol. The highest BCUT2D eigenvalue weighted by Crippen LogP contribution is 2.09. The number of amides is 1. The molecule has 104 valence electrons. The fourth-order valence-electron chi connectivity index (χ4n) is 1.58. The third-order valence-corrected chi connectivity index (χ3v) is 3.13. The second-order valence-corrected chi connectivity index (χ2v) is 4.52. The average Bonchev–Trinajstić information content (AvgIpc) is 2.43. The Hall–Kier alpha value is -1.75. The number of carbonyl (C=O) groups is 2. The van der Waals surface area contributed by atoms with Gasteiger partial charge in [-0.25, -0.2) is 4.39 Å². The molecular weight excluding hydrogens is 247 g/mol. The molecule has 0 heterocycles. The molecule has 0 aliphatic carbocycles. The SMILES string of the molecule is CC(CN)N(C)C(=O)CCC(=O)c1ccc(F)cc1. The van der Waals surface area contributed by atoms with Crippen molar-refractivity contribution in [2.75, 3.05) is 13.6 Å². The summed E-state index contributed by atoms with van der Waals surface area (Å²) in [5.41, 5.74) is 5.90. The highest BCUT2D eigenvalue weighted by molar-refractivity contribution is 5.97. The van der Waals surface area contributed by atoms with Crippen LogP contribution in [0.1, 0.15) is 30.1 Å². The van der Waals surface area contributed by atoms with Crippen LogP contribution in [-0.4, -0.2) is 36.2 Å². The Morgan fingerprint density at radius 1 is 1.26 bits per heavy atom. The number of rotatable bonds is 6. The van der Waals surface area contributed by atoms with E-state index in [4.69, 9.17) is 5.73 Å². The molecule has 0 saturated carbocycles. The predicted octanol–water partition coefficient (Wildman–Crippen LogP) is 1.59. The maximum Gasteiger partial charge on any atom is 0.223 e. The van der Waals surface area contributed by atoms with Gasteiger partial charge in [-0.15, -0.1) is 0 Å². The van der Waals surface area contributed by atoms with Crippen LogP contribution < -0.4 is 5.73 Å². The lowest BCUT2D eigenvalue weighted by Crippen LogP contribution is -2.39. The molecule has 0 aromatic heterocycles. The van der Waals surface area contributed by atoms with Crippen LogP contribution in [0.25, 0.3) is 0 Å². The average molecular weight is 266 g/mol. The number of hydrogen-bond donors (Lipinski definition) is 1. The maximum atomic E-state index is 12.7. The Kier molecular flexibility index (Phi) is 5.63. The Morgan fingerprint density at radius 3 is 2.37 bits per heavy atom. The summed E-state index contributed by atoms with van der Waals surface area (Å²) in [7, 11) is 1.67. The Balaban J connectivity index is 2.50. The number of hydrogen-bond acceptors (Lipinski definition) is 3. The Labute approximate surface area is 112 Å². The first kappa shape index (κ1) is 15.3. The van der Waals surface area contributed by atoms with Crippen LogP contribution in [0.15, 0.2) is 24.3 Å². The Bertz CT molecular complexity index is 445. The molecular formula is C14H19FN2O2. The van der Waals surface area contributed by atoms with E-state index in [1.807, 2.05) is 6.92 Å². The number of ketones is 1. The van der Waals surface area contributed by atoms with Gasteiger partial charge in [0, 0.05) is 38.0 Å². The highest BCUT2D eigenvalue weighted by atomic mass is 19.1. The molecule has 0 spiro atoms. The van der Waals surface area contributed by atoms with Crippen molar-refractivity contribution in [3.05, 3.63) is 35.6 Å². The fourth-order valence-corrected chi connectivity index (χ4v) is 1.58. The summed E-state index contributed by atoms with van der Waals surface area (Å²) in [4.78, 5) is 25.1. The van der Waals surface area contributed by atoms with Gasteiger partial charge < -0.3 is 10.6 Å². The highest BCUT2D eigenvalue weighted by Gasteiger charge is 2.16. The zero-order chi connectivity index (χ0) is 14.4. The topological polar surface area (TPSA) is 63.4 Å². The summed E-state index contributed by atoms with van der Waals surface area (Å²) in [6, 6.07) is 5.27. The van der Waals surface area contributed by atoms with Crippen LogP contribution in [0, 0.1) is 5.82 Å². The lowest BCUT2D eigenvalue weighted by Gasteiger charge is -2.23. The molecule has 1 rings (SSSR count). The summed E-state index contributed by atoms with van der Waals surface area (Å²) in [5, 5.41) is 0. The number of nitrogens with two attached hydrogens (primary N) is 1. The van der Waals surface area contributed by atoms with Crippen molar-refractivity contribution < 1.29 is 14.0 Å². The molecule has 1 aromatic rings. The molecule has 1 unspecified atom stereocenters. The largest absolute Gasteiger partial charge is 0.342 e. The maximum absolute atomic E-state index is 12.7. The van der Waals surface area contributed by atoms with E-state index < -0.39 is 0 Å². The monoisotopic (exact) mass is 266 g/mol. The molecule has 5 heteroatoms. The number of Topliss-reactive ketones (excluding diaryl/α,β-unsaturated/α-hetero) is 1. The quantitative estimate of drug-likeness (QED) is 0.795. The van der Waals surface area contributed by atoms with Crippen LogP contribution in [0.2, 0.25) is 0 Å². The lowest BCUT2D eigenvalue weighted by atomic mass is 10.1. The van der Waals surface area contributed by atoms with E-state index >= 15 is 0 Å². The van der Waals surface area contributed by atoms with Crippen molar-refractivity contribution in [1.29, 1.82) is 0 Å². The molecule has 0 aliphatic rings. The number of carbonyl (C=O) groups excluding carboxylic acids is 2. The van der Waals surface area contributed by atoms with Gasteiger partial charge in [0.05, 0.1) is 0 Å². The first-order valence-corrected chi connectivity index (χ1v) is 6.20. The van der Waals surface area contributed by atoms with Gasteiger partial charge in [0.2, 0.25) is 5.91 Å². The van der Waals surface area contributed by atoms with Crippen LogP contribution in [0.4, 0.5) is 4.39 Å². The standard InChI is InChI=1S/C14H19FN2O2/c1-10(9-16)17(2)14(19)8-7-13(18)11-3-5-12(15)6-4-11/h3-6,10H,7-9,16H2,1-2H3. The van der Waals surface area contributed by atoms with E-state index in [1.54, 1.807) is 7.05 Å². The first-order valence-electron chi connectivity index (χ1n) is 6.20. The van der Waals surface area contributed by atoms with E-state index in [-0.39, 0.29) is 36.4 Å². The second-order valence-electron chi connectivity index (χ2n) is 4.52. The first-order chi connectivity index (χ1) is 8.95. The Morgan fingerprint density at radius 2 is 1.84 bits per heavy atom. The van der Waals surface area contributed by atoms with Crippen LogP contribution >= 0.6 is 0 Å². The molecule has 2 N–H and O–H groups in total. The van der Waals surface area contributed by atoms with E-state index in [2.05, 4.69) is 0 Å². The molecule has 1 atom stereocenters. The zero-order valence-electron chi connectivity index (χ0n) is 11.2. The normalized spacial score (nSPS) is 12.0. The third kappa shape index (κ3) is 4.44. The smallest absolute Gasteiger partial charge is 0.223 e. The van der Waals surface area contributed by atoms with Gasteiger partial charge in [-0.2, -0.15) is 0 Å². The van der Waals surface area contributed by atoms with Gasteiger partial charge in [-0.05, 0) is 31.2 Å². The fraction of sp³-hybridized carbons (Fsp3) is 0.429. The van der Waals surface area contributed by atoms with Gasteiger partial charge >= 0.3 is 0 Å². The third-order valence-electron chi connectivity index (χ3n) is 3.13. The molecule has 0 bridgehead atoms. The van der Waals surface area contributed by atoms with E-state index in [0.717, 1.165) is 0 Å². The molecule has 0 saturated heterocycles. The summed E-state index contributed by atoms with van der Waals surface area (Å²) < 4.78 is 12.7. The van der Waals surface area contributed by atoms with Gasteiger partial charge in [-0.1, -0.05) is 0 Å². The van der Waals surface area contributed by atoms with E-state index in [1.165, 1.54) is 29.2 Å². The zero-order valence-corrected chi connectivity index (χ0v) is 11.2. The summed E-state index contributed by atoms with van der Waals surface area (Å²) in [5.74, 6) is -0.667. The van der Waals surface area contributed by atoms with Crippen molar-refractivity contribution in [2.45, 2.75) is 25.8 Å². The van der Waals surface area contributed by atoms with Gasteiger partial charge in [0.1, 0.15) is 5.82 Å². The number of halogens is 1. The van der Waals surface area contributed by atoms with Crippen molar-refractivity contribution in [3.63, 3.8) is 0 Å². The summed E-state index contributed by atoms with van der Waals surface area (Å²) in [6.07, 6.45) is 0.253. The van der Waals surface area contributed by atoms with Crippen LogP contribution in [0.3, 0.4) is 0 Å². The van der Waals surface area contributed by atoms with Crippen molar-refractivity contribution in [2.24, 2.45) is 5.73 Å². The summed E-state index contributed by atoms with van der Waals surface area (Å²) in [6.45, 7) is 2.23. The second kappa shape index (κ2) is 6.99. The molecule has 0 radical (unpaired) electrons. The molecule has 1 aromatic carbocycles. The van der Waals surface area contributed by atoms with Crippen molar-refractivity contribution in [3.8, 4) is 0 Å². The van der Waals surface area contributed by atoms with E-state index in [0.29, 0.717) is 12.1 Å². The number of nitrogens with zero attached hydrogens (tertiary/aromatic N) is 1. The minimum Gasteiger partial charge on any atom is -0.342 e. The minimum absolute atomic E-state index is 0.0478. The minimum atomic E-state index is -0.385.